The third kappa shape index (κ3) is 5.09. The number of rotatable bonds is 7. The maximum Gasteiger partial charge on any atom is 0.323 e. The number of nitrogens with one attached hydrogen (secondary N) is 1. The Kier molecular flexibility index (Phi) is 6.23. The van der Waals surface area contributed by atoms with Crippen molar-refractivity contribution in [3.05, 3.63) is 0 Å². The molecule has 2 N–H and O–H groups in total. The lowest BCUT2D eigenvalue weighted by Crippen LogP contribution is -2.53. The molecule has 1 aliphatic rings. The molecule has 19 heavy (non-hydrogen) atoms. The van der Waals surface area contributed by atoms with Gasteiger partial charge in [0, 0.05) is 18.6 Å². The summed E-state index contributed by atoms with van der Waals surface area (Å²) >= 11 is 0. The highest BCUT2D eigenvalue weighted by Crippen LogP contribution is 2.16. The number of ether oxygens (including phenoxy) is 1. The highest BCUT2D eigenvalue weighted by Gasteiger charge is 2.33. The number of carbonyl (C=O) groups is 1. The van der Waals surface area contributed by atoms with Crippen LogP contribution in [0.1, 0.15) is 40.5 Å². The molecule has 0 spiro atoms. The van der Waals surface area contributed by atoms with Crippen LogP contribution in [0.2, 0.25) is 0 Å². The quantitative estimate of drug-likeness (QED) is 0.732. The maximum atomic E-state index is 11.4. The normalized spacial score (nSPS) is 24.4. The van der Waals surface area contributed by atoms with Gasteiger partial charge in [0.05, 0.1) is 13.2 Å². The monoisotopic (exact) mass is 272 g/mol. The number of aliphatic carboxylic acids is 1. The fourth-order valence-electron chi connectivity index (χ4n) is 2.61. The summed E-state index contributed by atoms with van der Waals surface area (Å²) in [5.41, 5.74) is -0.830. The van der Waals surface area contributed by atoms with Gasteiger partial charge in [-0.1, -0.05) is 0 Å². The summed E-state index contributed by atoms with van der Waals surface area (Å²) in [6.07, 6.45) is 1.53. The summed E-state index contributed by atoms with van der Waals surface area (Å²) in [5.74, 6) is -0.767. The van der Waals surface area contributed by atoms with Crippen LogP contribution < -0.4 is 5.32 Å². The van der Waals surface area contributed by atoms with Crippen molar-refractivity contribution in [3.8, 4) is 0 Å². The fraction of sp³-hybridized carbons (Fsp3) is 0.929. The van der Waals surface area contributed by atoms with Gasteiger partial charge in [-0.2, -0.15) is 0 Å². The van der Waals surface area contributed by atoms with Crippen LogP contribution >= 0.6 is 0 Å². The van der Waals surface area contributed by atoms with Crippen molar-refractivity contribution in [1.82, 2.24) is 10.2 Å². The summed E-state index contributed by atoms with van der Waals surface area (Å²) in [6.45, 7) is 11.3. The van der Waals surface area contributed by atoms with Crippen molar-refractivity contribution in [3.63, 3.8) is 0 Å². The van der Waals surface area contributed by atoms with E-state index in [0.29, 0.717) is 12.5 Å². The van der Waals surface area contributed by atoms with Gasteiger partial charge in [0.15, 0.2) is 0 Å². The van der Waals surface area contributed by atoms with Gasteiger partial charge < -0.3 is 9.84 Å². The van der Waals surface area contributed by atoms with Gasteiger partial charge in [0.25, 0.3) is 0 Å². The number of hydrogen-bond donors (Lipinski definition) is 2. The molecule has 5 nitrogen and oxygen atoms in total. The Bertz CT molecular complexity index is 296. The summed E-state index contributed by atoms with van der Waals surface area (Å²) in [6, 6.07) is 0.603. The number of hydrogen-bond acceptors (Lipinski definition) is 4. The third-order valence-corrected chi connectivity index (χ3v) is 3.71. The van der Waals surface area contributed by atoms with Crippen LogP contribution in [0.3, 0.4) is 0 Å². The zero-order chi connectivity index (χ0) is 14.5. The molecule has 1 saturated heterocycles. The van der Waals surface area contributed by atoms with E-state index in [9.17, 15) is 9.90 Å². The van der Waals surface area contributed by atoms with Gasteiger partial charge >= 0.3 is 5.97 Å². The molecule has 0 bridgehead atoms. The molecule has 2 unspecified atom stereocenters. The Morgan fingerprint density at radius 1 is 1.58 bits per heavy atom. The highest BCUT2D eigenvalue weighted by atomic mass is 16.5. The van der Waals surface area contributed by atoms with Crippen LogP contribution in [-0.2, 0) is 9.53 Å². The molecule has 5 heteroatoms. The molecule has 0 aromatic heterocycles. The molecule has 0 amide bonds. The summed E-state index contributed by atoms with van der Waals surface area (Å²) in [5, 5.41) is 12.5. The minimum atomic E-state index is -0.830. The van der Waals surface area contributed by atoms with E-state index in [1.807, 2.05) is 13.8 Å². The van der Waals surface area contributed by atoms with Gasteiger partial charge in [0.2, 0.25) is 0 Å². The Morgan fingerprint density at radius 2 is 2.26 bits per heavy atom. The Morgan fingerprint density at radius 3 is 2.79 bits per heavy atom. The highest BCUT2D eigenvalue weighted by molar-refractivity contribution is 5.78. The molecule has 0 saturated carbocycles. The maximum absolute atomic E-state index is 11.4. The van der Waals surface area contributed by atoms with E-state index in [1.54, 1.807) is 6.92 Å². The van der Waals surface area contributed by atoms with E-state index in [2.05, 4.69) is 17.1 Å². The van der Waals surface area contributed by atoms with Gasteiger partial charge in [-0.15, -0.1) is 0 Å². The van der Waals surface area contributed by atoms with E-state index < -0.39 is 11.5 Å². The molecule has 0 aromatic rings. The van der Waals surface area contributed by atoms with Gasteiger partial charge in [-0.3, -0.25) is 15.0 Å². The summed E-state index contributed by atoms with van der Waals surface area (Å²) < 4.78 is 5.40. The first-order valence-corrected chi connectivity index (χ1v) is 7.18. The summed E-state index contributed by atoms with van der Waals surface area (Å²) in [7, 11) is 0. The zero-order valence-corrected chi connectivity index (χ0v) is 12.6. The fourth-order valence-corrected chi connectivity index (χ4v) is 2.61. The van der Waals surface area contributed by atoms with Crippen LogP contribution in [0.15, 0.2) is 0 Å². The van der Waals surface area contributed by atoms with Gasteiger partial charge in [-0.05, 0) is 47.1 Å². The smallest absolute Gasteiger partial charge is 0.323 e. The van der Waals surface area contributed by atoms with E-state index in [0.717, 1.165) is 32.7 Å². The zero-order valence-electron chi connectivity index (χ0n) is 12.6. The molecule has 1 heterocycles. The first kappa shape index (κ1) is 16.4. The third-order valence-electron chi connectivity index (χ3n) is 3.71. The number of carboxylic acids is 1. The van der Waals surface area contributed by atoms with Crippen LogP contribution in [0, 0.1) is 0 Å². The van der Waals surface area contributed by atoms with Crippen LogP contribution in [0.4, 0.5) is 0 Å². The number of nitrogens with zero attached hydrogens (tertiary/aromatic N) is 1. The number of morpholine rings is 1. The van der Waals surface area contributed by atoms with Crippen molar-refractivity contribution >= 4 is 5.97 Å². The van der Waals surface area contributed by atoms with Crippen molar-refractivity contribution in [2.45, 2.75) is 58.2 Å². The lowest BCUT2D eigenvalue weighted by Gasteiger charge is -2.34. The molecule has 0 radical (unpaired) electrons. The Labute approximate surface area is 116 Å². The second kappa shape index (κ2) is 7.22. The van der Waals surface area contributed by atoms with Crippen molar-refractivity contribution in [1.29, 1.82) is 0 Å². The predicted molar refractivity (Wildman–Crippen MR) is 75.4 cm³/mol. The molecule has 2 atom stereocenters. The topological polar surface area (TPSA) is 61.8 Å². The lowest BCUT2D eigenvalue weighted by atomic mass is 9.94. The number of carboxylic acid groups (broad SMARTS) is 1. The van der Waals surface area contributed by atoms with E-state index in [4.69, 9.17) is 4.74 Å². The SMILES string of the molecule is CC(C)NC(C)(CCCN1CCOCC1C)C(=O)O. The summed E-state index contributed by atoms with van der Waals surface area (Å²) in [4.78, 5) is 13.8. The van der Waals surface area contributed by atoms with Crippen LogP contribution in [0.25, 0.3) is 0 Å². The van der Waals surface area contributed by atoms with Crippen LogP contribution in [0.5, 0.6) is 0 Å². The first-order valence-electron chi connectivity index (χ1n) is 7.18. The van der Waals surface area contributed by atoms with Crippen LogP contribution in [-0.4, -0.2) is 59.9 Å². The van der Waals surface area contributed by atoms with Crippen molar-refractivity contribution < 1.29 is 14.6 Å². The molecule has 1 rings (SSSR count). The molecule has 112 valence electrons. The van der Waals surface area contributed by atoms with Crippen molar-refractivity contribution in [2.24, 2.45) is 0 Å². The van der Waals surface area contributed by atoms with E-state index in [1.165, 1.54) is 0 Å². The van der Waals surface area contributed by atoms with Gasteiger partial charge in [0.1, 0.15) is 5.54 Å². The van der Waals surface area contributed by atoms with Crippen molar-refractivity contribution in [2.75, 3.05) is 26.3 Å². The Balaban J connectivity index is 2.41. The van der Waals surface area contributed by atoms with Gasteiger partial charge in [-0.25, -0.2) is 0 Å². The molecular weight excluding hydrogens is 244 g/mol. The first-order chi connectivity index (χ1) is 8.85. The average molecular weight is 272 g/mol. The van der Waals surface area contributed by atoms with E-state index in [-0.39, 0.29) is 6.04 Å². The minimum Gasteiger partial charge on any atom is -0.480 e. The van der Waals surface area contributed by atoms with E-state index >= 15 is 0 Å². The molecular formula is C14H28N2O3. The molecule has 1 fully saturated rings. The Hall–Kier alpha value is -0.650. The predicted octanol–water partition coefficient (Wildman–Crippen LogP) is 1.33. The largest absolute Gasteiger partial charge is 0.480 e. The average Bonchev–Trinajstić information content (AvgIpc) is 2.30. The standard InChI is InChI=1S/C14H28N2O3/c1-11(2)15-14(4,13(17)18)6-5-7-16-8-9-19-10-12(16)3/h11-12,15H,5-10H2,1-4H3,(H,17,18). The second-order valence-corrected chi connectivity index (χ2v) is 6.00. The lowest BCUT2D eigenvalue weighted by molar-refractivity contribution is -0.144. The second-order valence-electron chi connectivity index (χ2n) is 6.00. The minimum absolute atomic E-state index is 0.170. The molecule has 0 aromatic carbocycles. The molecule has 0 aliphatic carbocycles. The molecule has 1 aliphatic heterocycles.